The lowest BCUT2D eigenvalue weighted by molar-refractivity contribution is 0.669. The van der Waals surface area contributed by atoms with E-state index in [1.807, 2.05) is 48.5 Å². The van der Waals surface area contributed by atoms with Crippen LogP contribution in [0.1, 0.15) is 24.7 Å². The summed E-state index contributed by atoms with van der Waals surface area (Å²) in [5, 5.41) is 1.22. The predicted molar refractivity (Wildman–Crippen MR) is 260 cm³/mol. The van der Waals surface area contributed by atoms with Gasteiger partial charge in [-0.3, -0.25) is 0 Å². The van der Waals surface area contributed by atoms with Crippen molar-refractivity contribution in [2.75, 3.05) is 0 Å². The molecule has 0 aliphatic rings. The van der Waals surface area contributed by atoms with Crippen LogP contribution in [0.15, 0.2) is 210 Å². The lowest BCUT2D eigenvalue weighted by Gasteiger charge is -2.22. The predicted octanol–water partition coefficient (Wildman–Crippen LogP) is 17.2. The summed E-state index contributed by atoms with van der Waals surface area (Å²) in [7, 11) is 0. The SMILES string of the molecule is [2H]c1c([2H])c2c([2H])c([2H])c3c([2H])c([2H])c(-c4cc(-c5c([2H])c([2H])c6c([2H])c([2H])c7c([2H])c([2H])c([2H])c8c([2H])c([2H])c5c6c78)c(-c5cccc6oc7cc8ccccc8cc7c56)cc4-c4ccccc4)c4c([2H])c([2H])c(c1[2H])c2c34. The Morgan fingerprint density at radius 2 is 0.770 bits per heavy atom. The fraction of sp³-hybridized carbons (Fsp3) is 0. The van der Waals surface area contributed by atoms with E-state index in [1.165, 1.54) is 0 Å². The van der Waals surface area contributed by atoms with Crippen molar-refractivity contribution in [2.45, 2.75) is 0 Å². The molecular formula is C60H34O. The number of rotatable bonds is 4. The number of fused-ring (bicyclic) bond motifs is 4. The highest BCUT2D eigenvalue weighted by atomic mass is 16.3. The first kappa shape index (κ1) is 20.3. The van der Waals surface area contributed by atoms with E-state index in [9.17, 15) is 13.7 Å². The van der Waals surface area contributed by atoms with Crippen LogP contribution in [0.2, 0.25) is 0 Å². The zero-order valence-electron chi connectivity index (χ0n) is 49.6. The van der Waals surface area contributed by atoms with Crippen molar-refractivity contribution in [3.8, 4) is 44.5 Å². The standard InChI is InChI=1S/C60H34O/c1-2-9-35(10-3-1)49-33-52(46-17-8-18-54-60(46)53-31-42-11-4-5-12-43(42)32-55(53)61-54)51(45-28-24-41-22-20-37-14-7-16-39-26-30-48(45)59(41)57(37)39)34-50(49)44-27-23-40-21-19-36-13-6-15-38-25-29-47(44)58(40)56(36)38/h1-34H/i6D,7D,13D,14D,15D,16D,19D,20D,21D,22D,23D,24D,25D,26D,27D,28D,29D,30D. The van der Waals surface area contributed by atoms with E-state index < -0.39 is 109 Å². The van der Waals surface area contributed by atoms with Crippen molar-refractivity contribution in [1.82, 2.24) is 0 Å². The minimum Gasteiger partial charge on any atom is -0.456 e. The number of hydrogen-bond acceptors (Lipinski definition) is 1. The van der Waals surface area contributed by atoms with Gasteiger partial charge in [0.15, 0.2) is 0 Å². The molecule has 14 rings (SSSR count). The number of benzene rings is 13. The molecule has 0 unspecified atom stereocenters. The molecule has 0 aliphatic carbocycles. The van der Waals surface area contributed by atoms with E-state index in [1.54, 1.807) is 48.5 Å². The lowest BCUT2D eigenvalue weighted by atomic mass is 9.81. The molecule has 0 atom stereocenters. The third kappa shape index (κ3) is 4.66. The van der Waals surface area contributed by atoms with Gasteiger partial charge in [0.2, 0.25) is 0 Å². The van der Waals surface area contributed by atoms with Crippen LogP contribution in [0, 0.1) is 0 Å². The molecular weight excluding hydrogens is 737 g/mol. The van der Waals surface area contributed by atoms with Gasteiger partial charge in [-0.05, 0) is 150 Å². The molecule has 61 heavy (non-hydrogen) atoms. The van der Waals surface area contributed by atoms with Crippen molar-refractivity contribution >= 4 is 97.3 Å². The number of furan rings is 1. The maximum atomic E-state index is 10.1. The van der Waals surface area contributed by atoms with E-state index in [2.05, 4.69) is 0 Å². The molecule has 0 saturated carbocycles. The second-order valence-corrected chi connectivity index (χ2v) is 15.3. The van der Waals surface area contributed by atoms with E-state index >= 15 is 0 Å². The average molecular weight is 789 g/mol. The van der Waals surface area contributed by atoms with Crippen LogP contribution in [0.3, 0.4) is 0 Å². The fourth-order valence-corrected chi connectivity index (χ4v) is 9.36. The average Bonchev–Trinajstić information content (AvgIpc) is 3.01. The molecule has 0 saturated heterocycles. The molecule has 1 aromatic heterocycles. The molecule has 0 radical (unpaired) electrons. The van der Waals surface area contributed by atoms with Gasteiger partial charge in [-0.25, -0.2) is 0 Å². The molecule has 1 heteroatoms. The first-order chi connectivity index (χ1) is 37.8. The van der Waals surface area contributed by atoms with E-state index in [-0.39, 0.29) is 86.9 Å². The second-order valence-electron chi connectivity index (χ2n) is 15.3. The Kier molecular flexibility index (Phi) is 4.08. The van der Waals surface area contributed by atoms with Gasteiger partial charge in [0.25, 0.3) is 0 Å². The summed E-state index contributed by atoms with van der Waals surface area (Å²) in [4.78, 5) is 0. The first-order valence-electron chi connectivity index (χ1n) is 28.7. The van der Waals surface area contributed by atoms with Crippen molar-refractivity contribution in [3.05, 3.63) is 206 Å². The quantitative estimate of drug-likeness (QED) is 0.162. The molecule has 0 spiro atoms. The highest BCUT2D eigenvalue weighted by Gasteiger charge is 2.23. The van der Waals surface area contributed by atoms with Crippen LogP contribution >= 0.6 is 0 Å². The Morgan fingerprint density at radius 3 is 1.39 bits per heavy atom. The van der Waals surface area contributed by atoms with Crippen molar-refractivity contribution in [1.29, 1.82) is 0 Å². The second kappa shape index (κ2) is 12.3. The van der Waals surface area contributed by atoms with Crippen molar-refractivity contribution in [2.24, 2.45) is 0 Å². The highest BCUT2D eigenvalue weighted by molar-refractivity contribution is 6.28. The molecule has 280 valence electrons. The van der Waals surface area contributed by atoms with Gasteiger partial charge in [-0.2, -0.15) is 0 Å². The highest BCUT2D eigenvalue weighted by Crippen LogP contribution is 2.50. The summed E-state index contributed by atoms with van der Waals surface area (Å²) in [6.07, 6.45) is 0. The topological polar surface area (TPSA) is 13.1 Å². The Hall–Kier alpha value is -8.00. The van der Waals surface area contributed by atoms with Gasteiger partial charge in [0, 0.05) is 10.8 Å². The third-order valence-corrected chi connectivity index (χ3v) is 12.1. The van der Waals surface area contributed by atoms with Gasteiger partial charge < -0.3 is 4.42 Å². The van der Waals surface area contributed by atoms with Crippen LogP contribution in [0.25, 0.3) is 142 Å². The summed E-state index contributed by atoms with van der Waals surface area (Å²) in [6, 6.07) is 19.4. The summed E-state index contributed by atoms with van der Waals surface area (Å²) in [5.41, 5.74) is 2.77. The maximum absolute atomic E-state index is 10.1. The summed E-state index contributed by atoms with van der Waals surface area (Å²) >= 11 is 0. The molecule has 1 heterocycles. The van der Waals surface area contributed by atoms with Gasteiger partial charge in [-0.1, -0.05) is 175 Å². The smallest absolute Gasteiger partial charge is 0.136 e. The first-order valence-corrected chi connectivity index (χ1v) is 19.7. The maximum Gasteiger partial charge on any atom is 0.136 e. The monoisotopic (exact) mass is 788 g/mol. The Morgan fingerprint density at radius 1 is 0.279 bits per heavy atom. The fourth-order valence-electron chi connectivity index (χ4n) is 9.36. The van der Waals surface area contributed by atoms with Crippen molar-refractivity contribution < 1.29 is 29.1 Å². The Bertz CT molecular complexity index is 5120. The van der Waals surface area contributed by atoms with Crippen LogP contribution < -0.4 is 0 Å². The molecule has 13 aromatic carbocycles. The van der Waals surface area contributed by atoms with E-state index in [0.29, 0.717) is 44.2 Å². The van der Waals surface area contributed by atoms with Crippen LogP contribution in [0.5, 0.6) is 0 Å². The summed E-state index contributed by atoms with van der Waals surface area (Å²) in [5.74, 6) is 0. The minimum atomic E-state index is -0.622. The third-order valence-electron chi connectivity index (χ3n) is 12.1. The Labute approximate surface area is 376 Å². The Balaban J connectivity index is 1.26. The minimum absolute atomic E-state index is 0.0403. The van der Waals surface area contributed by atoms with Gasteiger partial charge in [0.1, 0.15) is 11.2 Å². The molecule has 0 amide bonds. The summed E-state index contributed by atoms with van der Waals surface area (Å²) in [6.45, 7) is 0. The van der Waals surface area contributed by atoms with Gasteiger partial charge >= 0.3 is 0 Å². The van der Waals surface area contributed by atoms with E-state index in [0.717, 1.165) is 10.8 Å². The molecule has 1 nitrogen and oxygen atoms in total. The van der Waals surface area contributed by atoms with E-state index in [4.69, 9.17) is 15.4 Å². The molecule has 0 N–H and O–H groups in total. The van der Waals surface area contributed by atoms with Crippen LogP contribution in [0.4, 0.5) is 0 Å². The largest absolute Gasteiger partial charge is 0.456 e. The molecule has 0 fully saturated rings. The molecule has 14 aromatic rings. The zero-order chi connectivity index (χ0) is 55.4. The zero-order valence-corrected chi connectivity index (χ0v) is 31.6. The van der Waals surface area contributed by atoms with Crippen LogP contribution in [-0.4, -0.2) is 0 Å². The molecule has 0 bridgehead atoms. The van der Waals surface area contributed by atoms with Crippen LogP contribution in [-0.2, 0) is 0 Å². The van der Waals surface area contributed by atoms with Gasteiger partial charge in [-0.15, -0.1) is 0 Å². The lowest BCUT2D eigenvalue weighted by Crippen LogP contribution is -1.95. The van der Waals surface area contributed by atoms with Gasteiger partial charge in [0.05, 0.1) is 24.7 Å². The normalized spacial score (nSPS) is 16.4. The van der Waals surface area contributed by atoms with Crippen molar-refractivity contribution in [3.63, 3.8) is 0 Å². The summed E-state index contributed by atoms with van der Waals surface area (Å²) < 4.78 is 175. The molecule has 0 aliphatic heterocycles. The number of hydrogen-bond donors (Lipinski definition) is 0.